The Morgan fingerprint density at radius 3 is 2.71 bits per heavy atom. The fourth-order valence-corrected chi connectivity index (χ4v) is 1.45. The van der Waals surface area contributed by atoms with Crippen molar-refractivity contribution >= 4 is 0 Å². The minimum Gasteiger partial charge on any atom is -0.324 e. The lowest BCUT2D eigenvalue weighted by Gasteiger charge is -2.07. The van der Waals surface area contributed by atoms with Crippen molar-refractivity contribution in [3.8, 4) is 5.69 Å². The van der Waals surface area contributed by atoms with Crippen LogP contribution in [0, 0.1) is 0 Å². The highest BCUT2D eigenvalue weighted by Crippen LogP contribution is 2.18. The van der Waals surface area contributed by atoms with Crippen LogP contribution in [0.15, 0.2) is 30.5 Å². The summed E-state index contributed by atoms with van der Waals surface area (Å²) in [5.41, 5.74) is 6.99. The molecule has 0 spiro atoms. The predicted octanol–water partition coefficient (Wildman–Crippen LogP) is 2.22. The van der Waals surface area contributed by atoms with E-state index in [9.17, 15) is 8.78 Å². The molecule has 0 aliphatic rings. The topological polar surface area (TPSA) is 56.7 Å². The van der Waals surface area contributed by atoms with Crippen molar-refractivity contribution in [1.82, 2.24) is 15.0 Å². The molecule has 2 N–H and O–H groups in total. The van der Waals surface area contributed by atoms with Crippen molar-refractivity contribution in [1.29, 1.82) is 0 Å². The van der Waals surface area contributed by atoms with Crippen molar-refractivity contribution in [3.63, 3.8) is 0 Å². The fourth-order valence-electron chi connectivity index (χ4n) is 1.45. The molecule has 1 unspecified atom stereocenters. The van der Waals surface area contributed by atoms with Crippen LogP contribution >= 0.6 is 0 Å². The lowest BCUT2D eigenvalue weighted by molar-refractivity contribution is 0.146. The van der Waals surface area contributed by atoms with Gasteiger partial charge in [0.15, 0.2) is 0 Å². The van der Waals surface area contributed by atoms with Crippen molar-refractivity contribution in [2.45, 2.75) is 19.4 Å². The summed E-state index contributed by atoms with van der Waals surface area (Å²) < 4.78 is 26.0. The number of nitrogens with two attached hydrogens (primary N) is 1. The Balaban J connectivity index is 2.35. The zero-order valence-electron chi connectivity index (χ0n) is 9.22. The quantitative estimate of drug-likeness (QED) is 0.892. The van der Waals surface area contributed by atoms with Crippen LogP contribution in [-0.4, -0.2) is 15.0 Å². The summed E-state index contributed by atoms with van der Waals surface area (Å²) in [7, 11) is 0. The van der Waals surface area contributed by atoms with E-state index in [2.05, 4.69) is 10.3 Å². The maximum absolute atomic E-state index is 12.4. The third kappa shape index (κ3) is 2.47. The Kier molecular flexibility index (Phi) is 3.14. The van der Waals surface area contributed by atoms with Gasteiger partial charge in [-0.3, -0.25) is 0 Å². The summed E-state index contributed by atoms with van der Waals surface area (Å²) in [4.78, 5) is 0. The summed E-state index contributed by atoms with van der Waals surface area (Å²) in [6, 6.07) is 7.12. The average Bonchev–Trinajstić information content (AvgIpc) is 2.78. The number of aromatic nitrogens is 3. The Hall–Kier alpha value is -1.82. The van der Waals surface area contributed by atoms with Gasteiger partial charge in [0.05, 0.1) is 11.9 Å². The van der Waals surface area contributed by atoms with Crippen LogP contribution in [0.2, 0.25) is 0 Å². The van der Waals surface area contributed by atoms with E-state index in [0.717, 1.165) is 5.56 Å². The van der Waals surface area contributed by atoms with Gasteiger partial charge in [0.1, 0.15) is 5.69 Å². The molecule has 0 amide bonds. The van der Waals surface area contributed by atoms with Gasteiger partial charge in [-0.15, -0.1) is 5.10 Å². The van der Waals surface area contributed by atoms with E-state index in [0.29, 0.717) is 5.69 Å². The van der Waals surface area contributed by atoms with Gasteiger partial charge < -0.3 is 5.73 Å². The van der Waals surface area contributed by atoms with E-state index in [1.165, 1.54) is 10.9 Å². The SMILES string of the molecule is CC(N)c1cccc(-n2cc(C(F)F)nn2)c1. The molecular weight excluding hydrogens is 226 g/mol. The molecule has 0 aliphatic carbocycles. The van der Waals surface area contributed by atoms with Gasteiger partial charge in [-0.05, 0) is 24.6 Å². The Morgan fingerprint density at radius 1 is 1.35 bits per heavy atom. The minimum atomic E-state index is -2.61. The first-order chi connectivity index (χ1) is 8.08. The molecule has 0 aliphatic heterocycles. The standard InChI is InChI=1S/C11H12F2N4/c1-7(14)8-3-2-4-9(5-8)17-6-10(11(12)13)15-16-17/h2-7,11H,14H2,1H3. The first-order valence-corrected chi connectivity index (χ1v) is 5.14. The van der Waals surface area contributed by atoms with Crippen molar-refractivity contribution in [3.05, 3.63) is 41.7 Å². The number of nitrogens with zero attached hydrogens (tertiary/aromatic N) is 3. The molecule has 1 atom stereocenters. The van der Waals surface area contributed by atoms with Crippen LogP contribution in [-0.2, 0) is 0 Å². The van der Waals surface area contributed by atoms with Gasteiger partial charge in [0.25, 0.3) is 6.43 Å². The van der Waals surface area contributed by atoms with Gasteiger partial charge in [0.2, 0.25) is 0 Å². The zero-order valence-corrected chi connectivity index (χ0v) is 9.22. The van der Waals surface area contributed by atoms with Crippen LogP contribution in [0.5, 0.6) is 0 Å². The number of benzene rings is 1. The molecule has 0 saturated heterocycles. The molecule has 1 heterocycles. The van der Waals surface area contributed by atoms with Crippen LogP contribution in [0.3, 0.4) is 0 Å². The lowest BCUT2D eigenvalue weighted by Crippen LogP contribution is -2.06. The molecule has 0 bridgehead atoms. The van der Waals surface area contributed by atoms with E-state index in [4.69, 9.17) is 5.73 Å². The first-order valence-electron chi connectivity index (χ1n) is 5.14. The monoisotopic (exact) mass is 238 g/mol. The van der Waals surface area contributed by atoms with E-state index in [-0.39, 0.29) is 11.7 Å². The van der Waals surface area contributed by atoms with E-state index < -0.39 is 6.43 Å². The molecule has 1 aromatic carbocycles. The lowest BCUT2D eigenvalue weighted by atomic mass is 10.1. The highest BCUT2D eigenvalue weighted by Gasteiger charge is 2.12. The molecule has 17 heavy (non-hydrogen) atoms. The van der Waals surface area contributed by atoms with Crippen LogP contribution in [0.25, 0.3) is 5.69 Å². The molecule has 0 radical (unpaired) electrons. The van der Waals surface area contributed by atoms with Gasteiger partial charge in [-0.1, -0.05) is 17.3 Å². The smallest absolute Gasteiger partial charge is 0.283 e. The second-order valence-corrected chi connectivity index (χ2v) is 3.77. The molecular formula is C11H12F2N4. The highest BCUT2D eigenvalue weighted by molar-refractivity contribution is 5.36. The third-order valence-electron chi connectivity index (χ3n) is 2.40. The van der Waals surface area contributed by atoms with Crippen LogP contribution in [0.4, 0.5) is 8.78 Å². The summed E-state index contributed by atoms with van der Waals surface area (Å²) in [5.74, 6) is 0. The molecule has 4 nitrogen and oxygen atoms in total. The van der Waals surface area contributed by atoms with Gasteiger partial charge in [-0.25, -0.2) is 13.5 Å². The van der Waals surface area contributed by atoms with E-state index in [1.807, 2.05) is 13.0 Å². The number of hydrogen-bond donors (Lipinski definition) is 1. The van der Waals surface area contributed by atoms with Crippen molar-refractivity contribution in [2.24, 2.45) is 5.73 Å². The minimum absolute atomic E-state index is 0.118. The normalized spacial score (nSPS) is 13.0. The summed E-state index contributed by atoms with van der Waals surface area (Å²) >= 11 is 0. The molecule has 2 aromatic rings. The number of rotatable bonds is 3. The van der Waals surface area contributed by atoms with E-state index in [1.54, 1.807) is 18.2 Å². The maximum Gasteiger partial charge on any atom is 0.283 e. The number of alkyl halides is 2. The largest absolute Gasteiger partial charge is 0.324 e. The Labute approximate surface area is 97.0 Å². The second kappa shape index (κ2) is 4.58. The summed E-state index contributed by atoms with van der Waals surface area (Å²) in [6.45, 7) is 1.85. The molecule has 0 fully saturated rings. The molecule has 2 rings (SSSR count). The molecule has 6 heteroatoms. The first kappa shape index (κ1) is 11.7. The zero-order chi connectivity index (χ0) is 12.4. The molecule has 90 valence electrons. The van der Waals surface area contributed by atoms with E-state index >= 15 is 0 Å². The number of hydrogen-bond acceptors (Lipinski definition) is 3. The predicted molar refractivity (Wildman–Crippen MR) is 58.9 cm³/mol. The Morgan fingerprint density at radius 2 is 2.12 bits per heavy atom. The van der Waals surface area contributed by atoms with Gasteiger partial charge in [0, 0.05) is 6.04 Å². The summed E-state index contributed by atoms with van der Waals surface area (Å²) in [6.07, 6.45) is -1.40. The fraction of sp³-hybridized carbons (Fsp3) is 0.273. The third-order valence-corrected chi connectivity index (χ3v) is 2.40. The average molecular weight is 238 g/mol. The molecule has 0 saturated carbocycles. The van der Waals surface area contributed by atoms with Crippen LogP contribution < -0.4 is 5.73 Å². The second-order valence-electron chi connectivity index (χ2n) is 3.77. The Bertz CT molecular complexity index is 508. The number of halogens is 2. The molecule has 1 aromatic heterocycles. The summed E-state index contributed by atoms with van der Waals surface area (Å²) in [5, 5.41) is 7.05. The van der Waals surface area contributed by atoms with Crippen molar-refractivity contribution in [2.75, 3.05) is 0 Å². The highest BCUT2D eigenvalue weighted by atomic mass is 19.3. The van der Waals surface area contributed by atoms with Gasteiger partial charge in [-0.2, -0.15) is 0 Å². The van der Waals surface area contributed by atoms with Crippen molar-refractivity contribution < 1.29 is 8.78 Å². The maximum atomic E-state index is 12.4. The van der Waals surface area contributed by atoms with Crippen LogP contribution in [0.1, 0.15) is 30.6 Å². The van der Waals surface area contributed by atoms with Gasteiger partial charge >= 0.3 is 0 Å².